The third-order valence-electron chi connectivity index (χ3n) is 6.97. The summed E-state index contributed by atoms with van der Waals surface area (Å²) >= 11 is 12.6. The molecule has 8 heteroatoms. The molecule has 0 aromatic heterocycles. The van der Waals surface area contributed by atoms with E-state index in [1.807, 2.05) is 36.4 Å². The first-order chi connectivity index (χ1) is 19.0. The Morgan fingerprint density at radius 1 is 0.600 bits per heavy atom. The van der Waals surface area contributed by atoms with Crippen LogP contribution in [0.5, 0.6) is 0 Å². The van der Waals surface area contributed by atoms with Gasteiger partial charge in [-0.15, -0.1) is 0 Å². The second-order valence-electron chi connectivity index (χ2n) is 11.6. The second-order valence-corrected chi connectivity index (χ2v) is 12.4. The molecule has 0 saturated heterocycles. The summed E-state index contributed by atoms with van der Waals surface area (Å²) in [5.74, 6) is -0.274. The van der Waals surface area contributed by atoms with E-state index in [9.17, 15) is 9.59 Å². The van der Waals surface area contributed by atoms with Crippen LogP contribution in [-0.4, -0.2) is 75.2 Å². The highest BCUT2D eigenvalue weighted by Gasteiger charge is 2.19. The first-order valence-electron chi connectivity index (χ1n) is 13.7. The van der Waals surface area contributed by atoms with Crippen molar-refractivity contribution in [3.63, 3.8) is 0 Å². The van der Waals surface area contributed by atoms with Crippen LogP contribution in [-0.2, 0) is 13.1 Å². The van der Waals surface area contributed by atoms with Gasteiger partial charge in [-0.1, -0.05) is 59.6 Å². The summed E-state index contributed by atoms with van der Waals surface area (Å²) in [6.07, 6.45) is 1.69. The molecule has 0 aliphatic carbocycles. The number of hydrogen-bond acceptors (Lipinski definition) is 2. The quantitative estimate of drug-likeness (QED) is 0.186. The zero-order valence-electron chi connectivity index (χ0n) is 24.1. The molecular weight excluding hydrogens is 543 g/mol. The Morgan fingerprint density at radius 3 is 1.30 bits per heavy atom. The number of rotatable bonds is 14. The average Bonchev–Trinajstić information content (AvgIpc) is 2.91. The van der Waals surface area contributed by atoms with Crippen LogP contribution >= 0.6 is 23.2 Å². The Bertz CT molecular complexity index is 1180. The maximum absolute atomic E-state index is 12.6. The van der Waals surface area contributed by atoms with Crippen molar-refractivity contribution in [3.8, 4) is 0 Å². The van der Waals surface area contributed by atoms with Gasteiger partial charge in [-0.3, -0.25) is 9.59 Å². The van der Waals surface area contributed by atoms with E-state index in [-0.39, 0.29) is 11.8 Å². The molecule has 214 valence electrons. The second kappa shape index (κ2) is 14.6. The lowest BCUT2D eigenvalue weighted by Gasteiger charge is -2.30. The Hall–Kier alpha value is -2.90. The van der Waals surface area contributed by atoms with E-state index in [0.29, 0.717) is 24.2 Å². The number of quaternary nitrogens is 2. The summed E-state index contributed by atoms with van der Waals surface area (Å²) in [4.78, 5) is 25.2. The number of nitrogens with zero attached hydrogens (tertiary/aromatic N) is 2. The van der Waals surface area contributed by atoms with Crippen LogP contribution in [0.3, 0.4) is 0 Å². The predicted octanol–water partition coefficient (Wildman–Crippen LogP) is 5.79. The van der Waals surface area contributed by atoms with Gasteiger partial charge in [0.2, 0.25) is 0 Å². The van der Waals surface area contributed by atoms with E-state index in [1.54, 1.807) is 24.3 Å². The number of hydrogen-bond donors (Lipinski definition) is 2. The van der Waals surface area contributed by atoms with Crippen LogP contribution in [0, 0.1) is 0 Å². The molecule has 3 aromatic rings. The molecule has 0 aliphatic rings. The highest BCUT2D eigenvalue weighted by Crippen LogP contribution is 2.20. The van der Waals surface area contributed by atoms with Crippen molar-refractivity contribution < 1.29 is 18.6 Å². The minimum absolute atomic E-state index is 0.137. The van der Waals surface area contributed by atoms with Crippen molar-refractivity contribution in [1.82, 2.24) is 10.6 Å². The number of benzene rings is 3. The highest BCUT2D eigenvalue weighted by molar-refractivity contribution is 6.31. The summed E-state index contributed by atoms with van der Waals surface area (Å²) in [6.45, 7) is 4.63. The first kappa shape index (κ1) is 31.6. The SMILES string of the molecule is C[N+](C)(CCCNC(=O)c1ccc(C(=O)NCCC[N+](C)(C)Cc2ccccc2Cl)cc1)Cc1ccccc1Cl. The molecule has 3 aromatic carbocycles. The lowest BCUT2D eigenvalue weighted by Crippen LogP contribution is -2.41. The number of carbonyl (C=O) groups is 2. The zero-order chi connectivity index (χ0) is 29.2. The van der Waals surface area contributed by atoms with Gasteiger partial charge in [-0.05, 0) is 36.4 Å². The fraction of sp³-hybridized carbons (Fsp3) is 0.375. The summed E-state index contributed by atoms with van der Waals surface area (Å²) in [6, 6.07) is 22.6. The van der Waals surface area contributed by atoms with E-state index in [4.69, 9.17) is 23.2 Å². The Labute approximate surface area is 249 Å². The molecule has 0 unspecified atom stereocenters. The molecule has 2 N–H and O–H groups in total. The van der Waals surface area contributed by atoms with Gasteiger partial charge in [0.1, 0.15) is 13.1 Å². The summed E-state index contributed by atoms with van der Waals surface area (Å²) in [5.41, 5.74) is 3.33. The van der Waals surface area contributed by atoms with Crippen LogP contribution in [0.25, 0.3) is 0 Å². The third kappa shape index (κ3) is 10.3. The Balaban J connectivity index is 1.36. The molecule has 0 fully saturated rings. The molecule has 3 rings (SSSR count). The van der Waals surface area contributed by atoms with E-state index < -0.39 is 0 Å². The van der Waals surface area contributed by atoms with Crippen LogP contribution in [0.15, 0.2) is 72.8 Å². The fourth-order valence-electron chi connectivity index (χ4n) is 4.73. The van der Waals surface area contributed by atoms with E-state index in [0.717, 1.165) is 69.2 Å². The normalized spacial score (nSPS) is 11.8. The van der Waals surface area contributed by atoms with Crippen LogP contribution < -0.4 is 10.6 Å². The number of halogens is 2. The van der Waals surface area contributed by atoms with Gasteiger partial charge in [0.05, 0.1) is 41.3 Å². The smallest absolute Gasteiger partial charge is 0.251 e. The lowest BCUT2D eigenvalue weighted by molar-refractivity contribution is -0.903. The van der Waals surface area contributed by atoms with Crippen molar-refractivity contribution >= 4 is 35.0 Å². The van der Waals surface area contributed by atoms with Gasteiger partial charge in [-0.2, -0.15) is 0 Å². The average molecular weight is 586 g/mol. The van der Waals surface area contributed by atoms with Crippen molar-refractivity contribution in [2.45, 2.75) is 25.9 Å². The molecule has 0 heterocycles. The van der Waals surface area contributed by atoms with Gasteiger partial charge in [0.25, 0.3) is 11.8 Å². The summed E-state index contributed by atoms with van der Waals surface area (Å²) in [7, 11) is 8.65. The predicted molar refractivity (Wildman–Crippen MR) is 165 cm³/mol. The topological polar surface area (TPSA) is 58.2 Å². The molecule has 0 aliphatic heterocycles. The standard InChI is InChI=1S/C32H40Cl2N4O2/c1-37(2,23-27-11-5-7-13-29(27)33)21-9-19-35-31(39)25-15-17-26(18-16-25)32(40)36-20-10-22-38(3,4)24-28-12-6-8-14-30(28)34/h5-8,11-18H,9-10,19-24H2,1-4H3/p+2. The van der Waals surface area contributed by atoms with E-state index >= 15 is 0 Å². The Kier molecular flexibility index (Phi) is 11.6. The monoisotopic (exact) mass is 584 g/mol. The largest absolute Gasteiger partial charge is 0.352 e. The lowest BCUT2D eigenvalue weighted by atomic mass is 10.1. The molecular formula is C32H42Cl2N4O2+2. The molecule has 0 bridgehead atoms. The van der Waals surface area contributed by atoms with Crippen molar-refractivity contribution in [2.75, 3.05) is 54.4 Å². The van der Waals surface area contributed by atoms with Crippen molar-refractivity contribution in [1.29, 1.82) is 0 Å². The van der Waals surface area contributed by atoms with E-state index in [2.05, 4.69) is 51.0 Å². The van der Waals surface area contributed by atoms with Crippen LogP contribution in [0.2, 0.25) is 10.0 Å². The van der Waals surface area contributed by atoms with Gasteiger partial charge in [-0.25, -0.2) is 0 Å². The van der Waals surface area contributed by atoms with E-state index in [1.165, 1.54) is 0 Å². The molecule has 0 radical (unpaired) electrons. The zero-order valence-corrected chi connectivity index (χ0v) is 25.6. The van der Waals surface area contributed by atoms with Crippen LogP contribution in [0.1, 0.15) is 44.7 Å². The van der Waals surface area contributed by atoms with Gasteiger partial charge >= 0.3 is 0 Å². The van der Waals surface area contributed by atoms with Gasteiger partial charge in [0.15, 0.2) is 0 Å². The number of amides is 2. The number of carbonyl (C=O) groups excluding carboxylic acids is 2. The molecule has 6 nitrogen and oxygen atoms in total. The maximum Gasteiger partial charge on any atom is 0.251 e. The molecule has 0 saturated carbocycles. The maximum atomic E-state index is 12.6. The highest BCUT2D eigenvalue weighted by atomic mass is 35.5. The summed E-state index contributed by atoms with van der Waals surface area (Å²) in [5, 5.41) is 7.54. The van der Waals surface area contributed by atoms with Crippen LogP contribution in [0.4, 0.5) is 0 Å². The Morgan fingerprint density at radius 2 is 0.950 bits per heavy atom. The summed E-state index contributed by atoms with van der Waals surface area (Å²) < 4.78 is 1.56. The molecule has 2 amide bonds. The molecule has 40 heavy (non-hydrogen) atoms. The minimum atomic E-state index is -0.137. The number of nitrogens with one attached hydrogen (secondary N) is 2. The molecule has 0 spiro atoms. The van der Waals surface area contributed by atoms with Gasteiger partial charge in [0, 0.05) is 58.2 Å². The minimum Gasteiger partial charge on any atom is -0.352 e. The van der Waals surface area contributed by atoms with Crippen molar-refractivity contribution in [3.05, 3.63) is 105 Å². The van der Waals surface area contributed by atoms with Crippen molar-refractivity contribution in [2.24, 2.45) is 0 Å². The fourth-order valence-corrected chi connectivity index (χ4v) is 5.12. The third-order valence-corrected chi connectivity index (χ3v) is 7.71. The van der Waals surface area contributed by atoms with Gasteiger partial charge < -0.3 is 19.6 Å². The molecule has 0 atom stereocenters. The first-order valence-corrected chi connectivity index (χ1v) is 14.5.